The predicted octanol–water partition coefficient (Wildman–Crippen LogP) is 5.53. The normalized spacial score (nSPS) is 11.4. The van der Waals surface area contributed by atoms with E-state index in [4.69, 9.17) is 4.18 Å². The average molecular weight is 506 g/mol. The third-order valence-electron chi connectivity index (χ3n) is 5.36. The third-order valence-corrected chi connectivity index (χ3v) is 6.61. The first kappa shape index (κ1) is 23.2. The van der Waals surface area contributed by atoms with Crippen LogP contribution in [0.1, 0.15) is 10.4 Å². The van der Waals surface area contributed by atoms with Gasteiger partial charge in [0.1, 0.15) is 22.3 Å². The van der Waals surface area contributed by atoms with Gasteiger partial charge in [-0.05, 0) is 59.7 Å². The SMILES string of the molecule is O=C(Nc1n[nH]c2ccc(S(=O)(=O)Oc3cccc(F)c3)cc12)c1ccccc1-c1cccc(F)c1. The Kier molecular flexibility index (Phi) is 5.95. The Morgan fingerprint density at radius 2 is 1.61 bits per heavy atom. The summed E-state index contributed by atoms with van der Waals surface area (Å²) in [7, 11) is -4.30. The molecule has 1 aromatic heterocycles. The van der Waals surface area contributed by atoms with Crippen molar-refractivity contribution < 1.29 is 26.2 Å². The first-order valence-electron chi connectivity index (χ1n) is 10.6. The van der Waals surface area contributed by atoms with Crippen LogP contribution in [0.2, 0.25) is 0 Å². The summed E-state index contributed by atoms with van der Waals surface area (Å²) in [4.78, 5) is 12.9. The monoisotopic (exact) mass is 505 g/mol. The van der Waals surface area contributed by atoms with Gasteiger partial charge in [0.15, 0.2) is 5.82 Å². The Balaban J connectivity index is 1.46. The number of aromatic amines is 1. The minimum Gasteiger partial charge on any atom is -0.379 e. The molecule has 0 aliphatic carbocycles. The van der Waals surface area contributed by atoms with Crippen molar-refractivity contribution in [3.63, 3.8) is 0 Å². The fourth-order valence-electron chi connectivity index (χ4n) is 3.70. The maximum Gasteiger partial charge on any atom is 0.339 e. The highest BCUT2D eigenvalue weighted by atomic mass is 32.2. The van der Waals surface area contributed by atoms with Crippen molar-refractivity contribution in [3.05, 3.63) is 108 Å². The number of amides is 1. The van der Waals surface area contributed by atoms with E-state index in [1.54, 1.807) is 36.4 Å². The lowest BCUT2D eigenvalue weighted by atomic mass is 9.99. The Hall–Kier alpha value is -4.57. The van der Waals surface area contributed by atoms with Crippen LogP contribution in [0.5, 0.6) is 5.75 Å². The van der Waals surface area contributed by atoms with Gasteiger partial charge in [0, 0.05) is 17.0 Å². The van der Waals surface area contributed by atoms with Gasteiger partial charge in [-0.25, -0.2) is 8.78 Å². The smallest absolute Gasteiger partial charge is 0.339 e. The van der Waals surface area contributed by atoms with Crippen LogP contribution in [0, 0.1) is 11.6 Å². The maximum atomic E-state index is 13.8. The highest BCUT2D eigenvalue weighted by Gasteiger charge is 2.21. The molecule has 0 bridgehead atoms. The molecular formula is C26H17F2N3O4S. The molecule has 0 unspecified atom stereocenters. The molecule has 0 fully saturated rings. The molecule has 0 saturated carbocycles. The number of anilines is 1. The topological polar surface area (TPSA) is 101 Å². The number of hydrogen-bond donors (Lipinski definition) is 2. The number of benzene rings is 4. The van der Waals surface area contributed by atoms with Gasteiger partial charge in [0.25, 0.3) is 5.91 Å². The van der Waals surface area contributed by atoms with Gasteiger partial charge in [0.05, 0.1) is 5.52 Å². The van der Waals surface area contributed by atoms with E-state index in [9.17, 15) is 22.0 Å². The lowest BCUT2D eigenvalue weighted by molar-refractivity contribution is 0.102. The largest absolute Gasteiger partial charge is 0.379 e. The molecule has 0 aliphatic rings. The number of hydrogen-bond acceptors (Lipinski definition) is 5. The molecule has 5 rings (SSSR count). The summed E-state index contributed by atoms with van der Waals surface area (Å²) in [6, 6.07) is 21.4. The van der Waals surface area contributed by atoms with Gasteiger partial charge in [-0.15, -0.1) is 0 Å². The molecule has 4 aromatic carbocycles. The lowest BCUT2D eigenvalue weighted by Crippen LogP contribution is -2.14. The summed E-state index contributed by atoms with van der Waals surface area (Å²) in [5.41, 5.74) is 1.78. The van der Waals surface area contributed by atoms with E-state index < -0.39 is 27.7 Å². The van der Waals surface area contributed by atoms with E-state index in [2.05, 4.69) is 15.5 Å². The molecule has 0 aliphatic heterocycles. The molecule has 2 N–H and O–H groups in total. The van der Waals surface area contributed by atoms with Crippen LogP contribution in [-0.2, 0) is 10.1 Å². The lowest BCUT2D eigenvalue weighted by Gasteiger charge is -2.10. The minimum absolute atomic E-state index is 0.0897. The fourth-order valence-corrected chi connectivity index (χ4v) is 4.65. The van der Waals surface area contributed by atoms with Crippen LogP contribution in [0.4, 0.5) is 14.6 Å². The molecule has 180 valence electrons. The van der Waals surface area contributed by atoms with Crippen LogP contribution < -0.4 is 9.50 Å². The van der Waals surface area contributed by atoms with E-state index >= 15 is 0 Å². The first-order valence-corrected chi connectivity index (χ1v) is 12.1. The van der Waals surface area contributed by atoms with E-state index in [-0.39, 0.29) is 22.0 Å². The van der Waals surface area contributed by atoms with Crippen molar-refractivity contribution >= 4 is 32.7 Å². The zero-order valence-electron chi connectivity index (χ0n) is 18.4. The van der Waals surface area contributed by atoms with Crippen LogP contribution in [0.15, 0.2) is 95.9 Å². The van der Waals surface area contributed by atoms with Crippen molar-refractivity contribution in [2.45, 2.75) is 4.90 Å². The Labute approximate surface area is 204 Å². The number of halogens is 2. The molecule has 0 spiro atoms. The zero-order chi connectivity index (χ0) is 25.3. The summed E-state index contributed by atoms with van der Waals surface area (Å²) in [6.07, 6.45) is 0. The van der Waals surface area contributed by atoms with Crippen molar-refractivity contribution in [2.75, 3.05) is 5.32 Å². The molecule has 36 heavy (non-hydrogen) atoms. The summed E-state index contributed by atoms with van der Waals surface area (Å²) < 4.78 is 57.8. The molecule has 1 heterocycles. The predicted molar refractivity (Wildman–Crippen MR) is 130 cm³/mol. The first-order chi connectivity index (χ1) is 17.3. The molecule has 0 atom stereocenters. The quantitative estimate of drug-likeness (QED) is 0.296. The van der Waals surface area contributed by atoms with Gasteiger partial charge in [-0.2, -0.15) is 13.5 Å². The number of carbonyl (C=O) groups is 1. The van der Waals surface area contributed by atoms with Crippen molar-refractivity contribution in [1.82, 2.24) is 10.2 Å². The maximum absolute atomic E-state index is 13.8. The highest BCUT2D eigenvalue weighted by Crippen LogP contribution is 2.28. The molecular weight excluding hydrogens is 488 g/mol. The van der Waals surface area contributed by atoms with Crippen LogP contribution >= 0.6 is 0 Å². The Bertz CT molecular complexity index is 1720. The molecule has 1 amide bonds. The van der Waals surface area contributed by atoms with E-state index in [1.165, 1.54) is 48.5 Å². The summed E-state index contributed by atoms with van der Waals surface area (Å²) in [5.74, 6) is -1.68. The third kappa shape index (κ3) is 4.66. The number of carbonyl (C=O) groups excluding carboxylic acids is 1. The minimum atomic E-state index is -4.30. The Morgan fingerprint density at radius 1 is 0.861 bits per heavy atom. The number of fused-ring (bicyclic) bond motifs is 1. The molecule has 5 aromatic rings. The van der Waals surface area contributed by atoms with E-state index in [0.717, 1.165) is 6.07 Å². The summed E-state index contributed by atoms with van der Waals surface area (Å²) >= 11 is 0. The number of H-pyrrole nitrogens is 1. The van der Waals surface area contributed by atoms with Gasteiger partial charge in [-0.3, -0.25) is 9.89 Å². The van der Waals surface area contributed by atoms with Gasteiger partial charge in [-0.1, -0.05) is 36.4 Å². The number of aromatic nitrogens is 2. The zero-order valence-corrected chi connectivity index (χ0v) is 19.2. The van der Waals surface area contributed by atoms with Gasteiger partial charge < -0.3 is 9.50 Å². The number of nitrogens with zero attached hydrogens (tertiary/aromatic N) is 1. The fraction of sp³-hybridized carbons (Fsp3) is 0. The number of rotatable bonds is 6. The Morgan fingerprint density at radius 3 is 2.39 bits per heavy atom. The highest BCUT2D eigenvalue weighted by molar-refractivity contribution is 7.87. The van der Waals surface area contributed by atoms with E-state index in [0.29, 0.717) is 22.0 Å². The summed E-state index contributed by atoms with van der Waals surface area (Å²) in [5, 5.41) is 9.83. The summed E-state index contributed by atoms with van der Waals surface area (Å²) in [6.45, 7) is 0. The van der Waals surface area contributed by atoms with Crippen molar-refractivity contribution in [3.8, 4) is 16.9 Å². The number of nitrogens with one attached hydrogen (secondary N) is 2. The second kappa shape index (κ2) is 9.23. The van der Waals surface area contributed by atoms with Crippen LogP contribution in [0.25, 0.3) is 22.0 Å². The van der Waals surface area contributed by atoms with E-state index in [1.807, 2.05) is 0 Å². The molecule has 7 nitrogen and oxygen atoms in total. The van der Waals surface area contributed by atoms with Crippen LogP contribution in [0.3, 0.4) is 0 Å². The second-order valence-corrected chi connectivity index (χ2v) is 9.33. The van der Waals surface area contributed by atoms with Crippen LogP contribution in [-0.4, -0.2) is 24.5 Å². The van der Waals surface area contributed by atoms with Gasteiger partial charge >= 0.3 is 10.1 Å². The molecule has 10 heteroatoms. The molecule has 0 saturated heterocycles. The average Bonchev–Trinajstić information content (AvgIpc) is 3.26. The van der Waals surface area contributed by atoms with Gasteiger partial charge in [0.2, 0.25) is 0 Å². The second-order valence-electron chi connectivity index (χ2n) is 7.78. The molecule has 0 radical (unpaired) electrons. The van der Waals surface area contributed by atoms with Crippen molar-refractivity contribution in [1.29, 1.82) is 0 Å². The standard InChI is InChI=1S/C26H17F2N3O4S/c27-17-6-3-5-16(13-17)21-9-1-2-10-22(21)26(32)29-25-23-15-20(11-12-24(23)30-31-25)36(33,34)35-19-8-4-7-18(28)14-19/h1-15H,(H2,29,30,31,32). The van der Waals surface area contributed by atoms with Crippen molar-refractivity contribution in [2.24, 2.45) is 0 Å².